The van der Waals surface area contributed by atoms with Crippen LogP contribution < -0.4 is 15.7 Å². The first-order chi connectivity index (χ1) is 14.5. The molecule has 1 spiro atoms. The van der Waals surface area contributed by atoms with Crippen LogP contribution in [0.15, 0.2) is 41.2 Å². The molecular formula is C22H23ClN4O3. The number of amides is 1. The van der Waals surface area contributed by atoms with Crippen LogP contribution in [0.1, 0.15) is 18.4 Å². The molecule has 0 aliphatic carbocycles. The number of carbonyl (C=O) groups excluding carboxylic acids is 1. The van der Waals surface area contributed by atoms with Gasteiger partial charge in [0.25, 0.3) is 0 Å². The van der Waals surface area contributed by atoms with Crippen LogP contribution in [0.4, 0.5) is 5.69 Å². The molecule has 3 heterocycles. The lowest BCUT2D eigenvalue weighted by atomic mass is 9.73. The van der Waals surface area contributed by atoms with Crippen LogP contribution >= 0.6 is 11.6 Å². The van der Waals surface area contributed by atoms with Crippen LogP contribution in [0, 0.1) is 0 Å². The van der Waals surface area contributed by atoms with Crippen LogP contribution in [0.25, 0.3) is 11.0 Å². The Balaban J connectivity index is 1.20. The van der Waals surface area contributed by atoms with Crippen molar-refractivity contribution in [3.63, 3.8) is 0 Å². The summed E-state index contributed by atoms with van der Waals surface area (Å²) < 4.78 is 7.48. The Morgan fingerprint density at radius 2 is 1.93 bits per heavy atom. The minimum Gasteiger partial charge on any atom is -0.492 e. The van der Waals surface area contributed by atoms with Gasteiger partial charge in [-0.2, -0.15) is 0 Å². The minimum absolute atomic E-state index is 0.0841. The fraction of sp³-hybridized carbons (Fsp3) is 0.364. The van der Waals surface area contributed by atoms with E-state index in [1.54, 1.807) is 11.6 Å². The molecule has 0 radical (unpaired) electrons. The monoisotopic (exact) mass is 426 g/mol. The van der Waals surface area contributed by atoms with E-state index in [0.29, 0.717) is 11.6 Å². The number of aromatic nitrogens is 2. The number of hydrogen-bond donors (Lipinski definition) is 2. The molecule has 2 N–H and O–H groups in total. The van der Waals surface area contributed by atoms with E-state index in [4.69, 9.17) is 16.3 Å². The summed E-state index contributed by atoms with van der Waals surface area (Å²) in [6, 6.07) is 11.2. The Hall–Kier alpha value is -2.77. The normalized spacial score (nSPS) is 18.0. The number of imidazole rings is 1. The van der Waals surface area contributed by atoms with Crippen molar-refractivity contribution in [3.05, 3.63) is 57.5 Å². The highest BCUT2D eigenvalue weighted by atomic mass is 35.5. The van der Waals surface area contributed by atoms with Gasteiger partial charge in [-0.05, 0) is 61.8 Å². The molecule has 0 unspecified atom stereocenters. The number of anilines is 1. The second-order valence-electron chi connectivity index (χ2n) is 8.08. The maximum atomic E-state index is 12.7. The van der Waals surface area contributed by atoms with E-state index in [9.17, 15) is 9.59 Å². The van der Waals surface area contributed by atoms with E-state index in [2.05, 4.69) is 15.2 Å². The molecule has 1 fully saturated rings. The third-order valence-corrected chi connectivity index (χ3v) is 6.68. The Bertz CT molecular complexity index is 1190. The molecule has 2 aliphatic rings. The Morgan fingerprint density at radius 1 is 1.13 bits per heavy atom. The van der Waals surface area contributed by atoms with Crippen molar-refractivity contribution < 1.29 is 9.53 Å². The lowest BCUT2D eigenvalue weighted by Crippen LogP contribution is -2.47. The maximum Gasteiger partial charge on any atom is 0.326 e. The Kier molecular flexibility index (Phi) is 4.60. The van der Waals surface area contributed by atoms with Gasteiger partial charge >= 0.3 is 5.69 Å². The number of hydrogen-bond acceptors (Lipinski definition) is 4. The molecule has 1 saturated heterocycles. The molecule has 156 valence electrons. The molecule has 7 nitrogen and oxygen atoms in total. The number of piperidine rings is 1. The fourth-order valence-electron chi connectivity index (χ4n) is 4.64. The molecule has 8 heteroatoms. The highest BCUT2D eigenvalue weighted by Crippen LogP contribution is 2.45. The topological polar surface area (TPSA) is 79.4 Å². The molecule has 0 bridgehead atoms. The van der Waals surface area contributed by atoms with Gasteiger partial charge in [0.05, 0.1) is 16.4 Å². The summed E-state index contributed by atoms with van der Waals surface area (Å²) in [5, 5.41) is 3.68. The van der Waals surface area contributed by atoms with Crippen molar-refractivity contribution >= 4 is 34.2 Å². The Morgan fingerprint density at radius 3 is 2.73 bits per heavy atom. The number of fused-ring (bicyclic) bond motifs is 3. The number of likely N-dealkylation sites (tertiary alicyclic amines) is 1. The maximum absolute atomic E-state index is 12.7. The summed E-state index contributed by atoms with van der Waals surface area (Å²) in [6.45, 7) is 2.98. The van der Waals surface area contributed by atoms with Gasteiger partial charge in [-0.25, -0.2) is 4.79 Å². The van der Waals surface area contributed by atoms with Crippen molar-refractivity contribution in [1.29, 1.82) is 0 Å². The van der Waals surface area contributed by atoms with E-state index >= 15 is 0 Å². The van der Waals surface area contributed by atoms with Crippen LogP contribution in [0.5, 0.6) is 5.75 Å². The third kappa shape index (κ3) is 3.09. The third-order valence-electron chi connectivity index (χ3n) is 6.44. The lowest BCUT2D eigenvalue weighted by Gasteiger charge is -2.37. The number of H-pyrrole nitrogens is 1. The van der Waals surface area contributed by atoms with Gasteiger partial charge in [0.1, 0.15) is 12.4 Å². The number of aryl methyl sites for hydroxylation is 1. The van der Waals surface area contributed by atoms with E-state index < -0.39 is 5.41 Å². The van der Waals surface area contributed by atoms with Crippen molar-refractivity contribution in [2.45, 2.75) is 18.3 Å². The number of rotatable bonds is 4. The highest BCUT2D eigenvalue weighted by molar-refractivity contribution is 6.31. The number of aromatic amines is 1. The summed E-state index contributed by atoms with van der Waals surface area (Å²) in [5.74, 6) is 0.817. The second kappa shape index (κ2) is 7.18. The van der Waals surface area contributed by atoms with Crippen molar-refractivity contribution in [2.75, 3.05) is 31.6 Å². The zero-order valence-electron chi connectivity index (χ0n) is 16.7. The van der Waals surface area contributed by atoms with Crippen molar-refractivity contribution in [2.24, 2.45) is 7.05 Å². The van der Waals surface area contributed by atoms with Crippen molar-refractivity contribution in [1.82, 2.24) is 14.5 Å². The first-order valence-corrected chi connectivity index (χ1v) is 10.5. The number of benzene rings is 2. The highest BCUT2D eigenvalue weighted by Gasteiger charge is 2.48. The zero-order valence-corrected chi connectivity index (χ0v) is 17.5. The SMILES string of the molecule is Cn1c(=O)[nH]c2cc(OCCN3CCC4(CC3)C(=O)Nc3ccc(Cl)cc34)ccc21. The fourth-order valence-corrected chi connectivity index (χ4v) is 4.81. The Labute approximate surface area is 178 Å². The molecule has 0 saturated carbocycles. The number of carbonyl (C=O) groups is 1. The lowest BCUT2D eigenvalue weighted by molar-refractivity contribution is -0.122. The van der Waals surface area contributed by atoms with E-state index in [1.165, 1.54) is 0 Å². The summed E-state index contributed by atoms with van der Waals surface area (Å²) in [4.78, 5) is 29.6. The largest absolute Gasteiger partial charge is 0.492 e. The molecule has 3 aromatic rings. The molecule has 2 aliphatic heterocycles. The summed E-state index contributed by atoms with van der Waals surface area (Å²) in [6.07, 6.45) is 1.53. The molecule has 30 heavy (non-hydrogen) atoms. The van der Waals surface area contributed by atoms with Gasteiger partial charge < -0.3 is 15.0 Å². The van der Waals surface area contributed by atoms with Crippen LogP contribution in [-0.4, -0.2) is 46.6 Å². The number of halogens is 1. The van der Waals surface area contributed by atoms with Gasteiger partial charge in [0.15, 0.2) is 0 Å². The standard InChI is InChI=1S/C22H23ClN4O3/c1-26-19-5-3-15(13-18(19)25-21(26)29)30-11-10-27-8-6-22(7-9-27)16-12-14(23)2-4-17(16)24-20(22)28/h2-5,12-13H,6-11H2,1H3,(H,24,28)(H,25,29). The number of nitrogens with one attached hydrogen (secondary N) is 2. The predicted octanol–water partition coefficient (Wildman–Crippen LogP) is 2.88. The number of ether oxygens (including phenoxy) is 1. The van der Waals surface area contributed by atoms with Crippen LogP contribution in [0.2, 0.25) is 5.02 Å². The van der Waals surface area contributed by atoms with Gasteiger partial charge in [-0.3, -0.25) is 14.3 Å². The van der Waals surface area contributed by atoms with E-state index in [0.717, 1.165) is 60.5 Å². The van der Waals surface area contributed by atoms with E-state index in [-0.39, 0.29) is 11.6 Å². The van der Waals surface area contributed by atoms with Crippen molar-refractivity contribution in [3.8, 4) is 5.75 Å². The molecule has 1 amide bonds. The minimum atomic E-state index is -0.470. The van der Waals surface area contributed by atoms with Gasteiger partial charge in [0, 0.05) is 30.4 Å². The average Bonchev–Trinajstić information content (AvgIpc) is 3.17. The predicted molar refractivity (Wildman–Crippen MR) is 116 cm³/mol. The summed E-state index contributed by atoms with van der Waals surface area (Å²) in [7, 11) is 1.74. The second-order valence-corrected chi connectivity index (χ2v) is 8.52. The summed E-state index contributed by atoms with van der Waals surface area (Å²) in [5.41, 5.74) is 2.93. The van der Waals surface area contributed by atoms with Gasteiger partial charge in [0.2, 0.25) is 5.91 Å². The first-order valence-electron chi connectivity index (χ1n) is 10.1. The first kappa shape index (κ1) is 19.2. The molecular weight excluding hydrogens is 404 g/mol. The van der Waals surface area contributed by atoms with E-state index in [1.807, 2.05) is 36.4 Å². The molecule has 1 aromatic heterocycles. The zero-order chi connectivity index (χ0) is 20.9. The molecule has 5 rings (SSSR count). The van der Waals surface area contributed by atoms with Crippen LogP contribution in [-0.2, 0) is 17.3 Å². The molecule has 0 atom stereocenters. The average molecular weight is 427 g/mol. The van der Waals surface area contributed by atoms with Gasteiger partial charge in [-0.15, -0.1) is 0 Å². The molecule has 2 aromatic carbocycles. The number of nitrogens with zero attached hydrogens (tertiary/aromatic N) is 2. The smallest absolute Gasteiger partial charge is 0.326 e. The quantitative estimate of drug-likeness (QED) is 0.672. The summed E-state index contributed by atoms with van der Waals surface area (Å²) >= 11 is 6.19. The van der Waals surface area contributed by atoms with Gasteiger partial charge in [-0.1, -0.05) is 11.6 Å². The van der Waals surface area contributed by atoms with Crippen LogP contribution in [0.3, 0.4) is 0 Å².